The molecule has 2 N–H and O–H groups in total. The van der Waals surface area contributed by atoms with Crippen molar-refractivity contribution in [3.8, 4) is 0 Å². The van der Waals surface area contributed by atoms with Crippen LogP contribution in [0.1, 0.15) is 16.1 Å². The number of nitrogens with one attached hydrogen (secondary N) is 2. The lowest BCUT2D eigenvalue weighted by atomic mass is 10.1. The Hall–Kier alpha value is -3.42. The number of rotatable bonds is 4. The summed E-state index contributed by atoms with van der Waals surface area (Å²) in [5.41, 5.74) is -0.311. The minimum atomic E-state index is -4.59. The van der Waals surface area contributed by atoms with E-state index in [1.165, 1.54) is 54.7 Å². The molecular formula is C19H13F4N3O. The Morgan fingerprint density at radius 1 is 0.926 bits per heavy atom. The molecule has 0 radical (unpaired) electrons. The average Bonchev–Trinajstić information content (AvgIpc) is 2.63. The van der Waals surface area contributed by atoms with Gasteiger partial charge in [-0.25, -0.2) is 4.39 Å². The highest BCUT2D eigenvalue weighted by Gasteiger charge is 2.33. The van der Waals surface area contributed by atoms with Gasteiger partial charge >= 0.3 is 6.18 Å². The Bertz CT molecular complexity index is 956. The molecule has 0 atom stereocenters. The third-order valence-corrected chi connectivity index (χ3v) is 3.61. The quantitative estimate of drug-likeness (QED) is 0.614. The molecule has 4 nitrogen and oxygen atoms in total. The Kier molecular flexibility index (Phi) is 5.07. The van der Waals surface area contributed by atoms with Crippen LogP contribution in [0.3, 0.4) is 0 Å². The minimum Gasteiger partial charge on any atom is -0.355 e. The third kappa shape index (κ3) is 4.60. The van der Waals surface area contributed by atoms with Gasteiger partial charge in [0.15, 0.2) is 0 Å². The monoisotopic (exact) mass is 375 g/mol. The van der Waals surface area contributed by atoms with Crippen molar-refractivity contribution in [3.05, 3.63) is 83.9 Å². The third-order valence-electron chi connectivity index (χ3n) is 3.61. The van der Waals surface area contributed by atoms with Crippen LogP contribution < -0.4 is 10.6 Å². The van der Waals surface area contributed by atoms with Crippen LogP contribution in [0, 0.1) is 5.82 Å². The van der Waals surface area contributed by atoms with Gasteiger partial charge < -0.3 is 10.6 Å². The zero-order valence-electron chi connectivity index (χ0n) is 13.7. The second-order valence-electron chi connectivity index (χ2n) is 5.56. The topological polar surface area (TPSA) is 54.0 Å². The maximum atomic E-state index is 13.0. The van der Waals surface area contributed by atoms with Gasteiger partial charge in [-0.1, -0.05) is 12.1 Å². The van der Waals surface area contributed by atoms with E-state index in [4.69, 9.17) is 0 Å². The number of amides is 1. The maximum absolute atomic E-state index is 13.0. The van der Waals surface area contributed by atoms with Crippen LogP contribution in [0.15, 0.2) is 66.9 Å². The summed E-state index contributed by atoms with van der Waals surface area (Å²) in [7, 11) is 0. The van der Waals surface area contributed by atoms with Gasteiger partial charge in [0.1, 0.15) is 11.5 Å². The van der Waals surface area contributed by atoms with E-state index in [9.17, 15) is 22.4 Å². The highest BCUT2D eigenvalue weighted by molar-refractivity contribution is 6.03. The van der Waals surface area contributed by atoms with Crippen molar-refractivity contribution in [2.75, 3.05) is 10.6 Å². The number of pyridine rings is 1. The molecule has 0 aliphatic heterocycles. The predicted octanol–water partition coefficient (Wildman–Crippen LogP) is 5.24. The maximum Gasteiger partial charge on any atom is 0.418 e. The minimum absolute atomic E-state index is 0.0703. The van der Waals surface area contributed by atoms with E-state index < -0.39 is 23.5 Å². The standard InChI is InChI=1S/C19H13F4N3O/c20-12-5-7-13(8-6-12)25-14-9-10-24-17(11-14)18(27)26-16-4-2-1-3-15(16)19(21,22)23/h1-11H,(H,24,25)(H,26,27). The Morgan fingerprint density at radius 3 is 2.33 bits per heavy atom. The molecule has 1 aromatic heterocycles. The first-order valence-corrected chi connectivity index (χ1v) is 7.79. The summed E-state index contributed by atoms with van der Waals surface area (Å²) in [6.07, 6.45) is -3.25. The lowest BCUT2D eigenvalue weighted by Gasteiger charge is -2.13. The summed E-state index contributed by atoms with van der Waals surface area (Å²) in [4.78, 5) is 16.2. The van der Waals surface area contributed by atoms with Gasteiger partial charge in [0.2, 0.25) is 0 Å². The van der Waals surface area contributed by atoms with Gasteiger partial charge in [-0.3, -0.25) is 9.78 Å². The highest BCUT2D eigenvalue weighted by atomic mass is 19.4. The molecule has 27 heavy (non-hydrogen) atoms. The molecule has 0 fully saturated rings. The molecule has 1 amide bonds. The van der Waals surface area contributed by atoms with Gasteiger partial charge in [0.25, 0.3) is 5.91 Å². The summed E-state index contributed by atoms with van der Waals surface area (Å²) in [6, 6.07) is 13.2. The number of benzene rings is 2. The first-order valence-electron chi connectivity index (χ1n) is 7.79. The number of para-hydroxylation sites is 1. The van der Waals surface area contributed by atoms with Crippen molar-refractivity contribution in [2.45, 2.75) is 6.18 Å². The number of carbonyl (C=O) groups excluding carboxylic acids is 1. The molecule has 0 spiro atoms. The molecule has 1 heterocycles. The summed E-state index contributed by atoms with van der Waals surface area (Å²) in [5.74, 6) is -1.17. The van der Waals surface area contributed by atoms with Crippen LogP contribution in [-0.4, -0.2) is 10.9 Å². The van der Waals surface area contributed by atoms with Gasteiger partial charge in [-0.2, -0.15) is 13.2 Å². The SMILES string of the molecule is O=C(Nc1ccccc1C(F)(F)F)c1cc(Nc2ccc(F)cc2)ccn1. The fourth-order valence-corrected chi connectivity index (χ4v) is 2.36. The molecule has 0 saturated heterocycles. The molecular weight excluding hydrogens is 362 g/mol. The van der Waals surface area contributed by atoms with Crippen molar-refractivity contribution in [2.24, 2.45) is 0 Å². The molecule has 0 aliphatic rings. The van der Waals surface area contributed by atoms with Crippen molar-refractivity contribution in [1.82, 2.24) is 4.98 Å². The van der Waals surface area contributed by atoms with Crippen molar-refractivity contribution in [3.63, 3.8) is 0 Å². The zero-order chi connectivity index (χ0) is 19.4. The van der Waals surface area contributed by atoms with Crippen molar-refractivity contribution < 1.29 is 22.4 Å². The molecule has 138 valence electrons. The number of aromatic nitrogens is 1. The summed E-state index contributed by atoms with van der Waals surface area (Å²) in [5, 5.41) is 5.19. The van der Waals surface area contributed by atoms with Crippen LogP contribution in [0.2, 0.25) is 0 Å². The molecule has 3 rings (SSSR count). The van der Waals surface area contributed by atoms with Crippen LogP contribution in [0.25, 0.3) is 0 Å². The lowest BCUT2D eigenvalue weighted by molar-refractivity contribution is -0.136. The van der Waals surface area contributed by atoms with E-state index in [1.54, 1.807) is 6.07 Å². The van der Waals surface area contributed by atoms with E-state index in [2.05, 4.69) is 15.6 Å². The first-order chi connectivity index (χ1) is 12.8. The number of alkyl halides is 3. The molecule has 3 aromatic rings. The van der Waals surface area contributed by atoms with E-state index in [0.717, 1.165) is 6.07 Å². The number of hydrogen-bond donors (Lipinski definition) is 2. The predicted molar refractivity (Wildman–Crippen MR) is 93.3 cm³/mol. The van der Waals surface area contributed by atoms with Crippen molar-refractivity contribution in [1.29, 1.82) is 0 Å². The Labute approximate surface area is 151 Å². The zero-order valence-corrected chi connectivity index (χ0v) is 13.7. The lowest BCUT2D eigenvalue weighted by Crippen LogP contribution is -2.17. The first kappa shape index (κ1) is 18.4. The van der Waals surface area contributed by atoms with Crippen LogP contribution in [0.5, 0.6) is 0 Å². The average molecular weight is 375 g/mol. The summed E-state index contributed by atoms with van der Waals surface area (Å²) in [6.45, 7) is 0. The number of anilines is 3. The van der Waals surface area contributed by atoms with Gasteiger partial charge in [0.05, 0.1) is 11.3 Å². The van der Waals surface area contributed by atoms with Crippen molar-refractivity contribution >= 4 is 23.0 Å². The second-order valence-corrected chi connectivity index (χ2v) is 5.56. The fourth-order valence-electron chi connectivity index (χ4n) is 2.36. The molecule has 0 bridgehead atoms. The van der Waals surface area contributed by atoms with Crippen LogP contribution in [-0.2, 0) is 6.18 Å². The number of carbonyl (C=O) groups is 1. The van der Waals surface area contributed by atoms with Gasteiger partial charge in [0, 0.05) is 17.6 Å². The number of nitrogens with zero attached hydrogens (tertiary/aromatic N) is 1. The van der Waals surface area contributed by atoms with E-state index in [0.29, 0.717) is 11.4 Å². The molecule has 0 saturated carbocycles. The van der Waals surface area contributed by atoms with E-state index in [-0.39, 0.29) is 11.4 Å². The molecule has 0 aliphatic carbocycles. The number of halogens is 4. The second kappa shape index (κ2) is 7.45. The van der Waals surface area contributed by atoms with Crippen LogP contribution in [0.4, 0.5) is 34.6 Å². The highest BCUT2D eigenvalue weighted by Crippen LogP contribution is 2.34. The summed E-state index contributed by atoms with van der Waals surface area (Å²) < 4.78 is 52.0. The summed E-state index contributed by atoms with van der Waals surface area (Å²) >= 11 is 0. The smallest absolute Gasteiger partial charge is 0.355 e. The van der Waals surface area contributed by atoms with E-state index in [1.807, 2.05) is 0 Å². The number of hydrogen-bond acceptors (Lipinski definition) is 3. The Morgan fingerprint density at radius 2 is 1.63 bits per heavy atom. The van der Waals surface area contributed by atoms with Gasteiger partial charge in [-0.05, 0) is 48.5 Å². The molecule has 0 unspecified atom stereocenters. The van der Waals surface area contributed by atoms with Crippen LogP contribution >= 0.6 is 0 Å². The largest absolute Gasteiger partial charge is 0.418 e. The normalized spacial score (nSPS) is 11.1. The fraction of sp³-hybridized carbons (Fsp3) is 0.0526. The Balaban J connectivity index is 1.79. The molecule has 2 aromatic carbocycles. The molecule has 8 heteroatoms. The van der Waals surface area contributed by atoms with E-state index >= 15 is 0 Å². The van der Waals surface area contributed by atoms with Gasteiger partial charge in [-0.15, -0.1) is 0 Å².